The van der Waals surface area contributed by atoms with Crippen molar-refractivity contribution in [2.75, 3.05) is 7.05 Å². The van der Waals surface area contributed by atoms with Crippen LogP contribution in [0.4, 0.5) is 0 Å². The average Bonchev–Trinajstić information content (AvgIpc) is 2.29. The summed E-state index contributed by atoms with van der Waals surface area (Å²) >= 11 is 5.81. The van der Waals surface area contributed by atoms with Crippen molar-refractivity contribution in [2.45, 2.75) is 6.54 Å². The second kappa shape index (κ2) is 5.12. The highest BCUT2D eigenvalue weighted by molar-refractivity contribution is 6.30. The molecule has 0 atom stereocenters. The molecule has 4 nitrogen and oxygen atoms in total. The van der Waals surface area contributed by atoms with Gasteiger partial charge in [-0.25, -0.2) is 4.98 Å². The standard InChI is InChI=1S/C12H12ClN3O/c1-14-7-10-6-11(17)16-12(15-10)8-2-4-9(13)5-3-8/h2-6,14H,7H2,1H3,(H,15,16,17). The van der Waals surface area contributed by atoms with E-state index in [1.165, 1.54) is 6.07 Å². The minimum absolute atomic E-state index is 0.157. The Bertz CT molecular complexity index is 563. The Morgan fingerprint density at radius 2 is 2.06 bits per heavy atom. The van der Waals surface area contributed by atoms with Crippen molar-refractivity contribution in [1.29, 1.82) is 0 Å². The van der Waals surface area contributed by atoms with Crippen LogP contribution in [0.3, 0.4) is 0 Å². The van der Waals surface area contributed by atoms with Crippen molar-refractivity contribution in [1.82, 2.24) is 15.3 Å². The van der Waals surface area contributed by atoms with Crippen molar-refractivity contribution in [2.24, 2.45) is 0 Å². The molecule has 2 aromatic rings. The molecule has 0 unspecified atom stereocenters. The maximum atomic E-state index is 11.5. The molecular weight excluding hydrogens is 238 g/mol. The van der Waals surface area contributed by atoms with Gasteiger partial charge in [0.2, 0.25) is 0 Å². The van der Waals surface area contributed by atoms with Crippen LogP contribution in [0.2, 0.25) is 5.02 Å². The van der Waals surface area contributed by atoms with Gasteiger partial charge in [0.25, 0.3) is 5.56 Å². The topological polar surface area (TPSA) is 57.8 Å². The van der Waals surface area contributed by atoms with E-state index < -0.39 is 0 Å². The normalized spacial score (nSPS) is 10.5. The maximum absolute atomic E-state index is 11.5. The highest BCUT2D eigenvalue weighted by Crippen LogP contribution is 2.17. The molecule has 0 aliphatic rings. The van der Waals surface area contributed by atoms with Gasteiger partial charge in [-0.1, -0.05) is 11.6 Å². The minimum atomic E-state index is -0.157. The SMILES string of the molecule is CNCc1cc(=O)[nH]c(-c2ccc(Cl)cc2)n1. The van der Waals surface area contributed by atoms with E-state index in [2.05, 4.69) is 15.3 Å². The Morgan fingerprint density at radius 1 is 1.35 bits per heavy atom. The van der Waals surface area contributed by atoms with E-state index in [9.17, 15) is 4.79 Å². The summed E-state index contributed by atoms with van der Waals surface area (Å²) in [6, 6.07) is 8.66. The quantitative estimate of drug-likeness (QED) is 0.872. The number of hydrogen-bond acceptors (Lipinski definition) is 3. The number of nitrogens with one attached hydrogen (secondary N) is 2. The molecule has 1 heterocycles. The zero-order chi connectivity index (χ0) is 12.3. The summed E-state index contributed by atoms with van der Waals surface area (Å²) in [6.07, 6.45) is 0. The lowest BCUT2D eigenvalue weighted by Gasteiger charge is -2.04. The molecule has 17 heavy (non-hydrogen) atoms. The number of nitrogens with zero attached hydrogens (tertiary/aromatic N) is 1. The second-order valence-electron chi connectivity index (χ2n) is 3.62. The first kappa shape index (κ1) is 11.8. The number of benzene rings is 1. The molecule has 5 heteroatoms. The van der Waals surface area contributed by atoms with Gasteiger partial charge in [0, 0.05) is 23.2 Å². The summed E-state index contributed by atoms with van der Waals surface area (Å²) in [4.78, 5) is 18.5. The van der Waals surface area contributed by atoms with Gasteiger partial charge < -0.3 is 10.3 Å². The monoisotopic (exact) mass is 249 g/mol. The molecular formula is C12H12ClN3O. The molecule has 0 amide bonds. The number of aromatic amines is 1. The fourth-order valence-corrected chi connectivity index (χ4v) is 1.65. The molecule has 0 saturated heterocycles. The number of halogens is 1. The van der Waals surface area contributed by atoms with Gasteiger partial charge in [0.1, 0.15) is 5.82 Å². The smallest absolute Gasteiger partial charge is 0.251 e. The number of H-pyrrole nitrogens is 1. The van der Waals surface area contributed by atoms with Gasteiger partial charge >= 0.3 is 0 Å². The van der Waals surface area contributed by atoms with Crippen LogP contribution in [0.1, 0.15) is 5.69 Å². The van der Waals surface area contributed by atoms with Crippen LogP contribution in [0.15, 0.2) is 35.1 Å². The molecule has 0 radical (unpaired) electrons. The Balaban J connectivity index is 2.44. The van der Waals surface area contributed by atoms with E-state index in [0.29, 0.717) is 23.1 Å². The van der Waals surface area contributed by atoms with E-state index in [4.69, 9.17) is 11.6 Å². The molecule has 0 aliphatic carbocycles. The molecule has 88 valence electrons. The summed E-state index contributed by atoms with van der Waals surface area (Å²) in [5.41, 5.74) is 1.39. The van der Waals surface area contributed by atoms with E-state index in [-0.39, 0.29) is 5.56 Å². The molecule has 0 saturated carbocycles. The van der Waals surface area contributed by atoms with Crippen LogP contribution in [-0.2, 0) is 6.54 Å². The Morgan fingerprint density at radius 3 is 2.71 bits per heavy atom. The lowest BCUT2D eigenvalue weighted by atomic mass is 10.2. The molecule has 2 N–H and O–H groups in total. The number of hydrogen-bond donors (Lipinski definition) is 2. The first-order valence-electron chi connectivity index (χ1n) is 5.20. The van der Waals surface area contributed by atoms with Crippen molar-refractivity contribution in [3.63, 3.8) is 0 Å². The maximum Gasteiger partial charge on any atom is 0.251 e. The molecule has 1 aromatic carbocycles. The van der Waals surface area contributed by atoms with Gasteiger partial charge in [-0.15, -0.1) is 0 Å². The van der Waals surface area contributed by atoms with Crippen LogP contribution in [0.25, 0.3) is 11.4 Å². The van der Waals surface area contributed by atoms with Crippen LogP contribution in [0, 0.1) is 0 Å². The Labute approximate surface area is 104 Å². The lowest BCUT2D eigenvalue weighted by Crippen LogP contribution is -2.14. The molecule has 2 rings (SSSR count). The highest BCUT2D eigenvalue weighted by Gasteiger charge is 2.03. The van der Waals surface area contributed by atoms with Gasteiger partial charge in [-0.3, -0.25) is 4.79 Å². The Kier molecular flexibility index (Phi) is 3.56. The average molecular weight is 250 g/mol. The third-order valence-corrected chi connectivity index (χ3v) is 2.52. The first-order valence-corrected chi connectivity index (χ1v) is 5.57. The van der Waals surface area contributed by atoms with Crippen LogP contribution >= 0.6 is 11.6 Å². The third-order valence-electron chi connectivity index (χ3n) is 2.27. The van der Waals surface area contributed by atoms with Crippen LogP contribution in [0.5, 0.6) is 0 Å². The van der Waals surface area contributed by atoms with Crippen molar-refractivity contribution >= 4 is 11.6 Å². The van der Waals surface area contributed by atoms with Crippen molar-refractivity contribution in [3.8, 4) is 11.4 Å². The van der Waals surface area contributed by atoms with Crippen molar-refractivity contribution in [3.05, 3.63) is 51.4 Å². The Hall–Kier alpha value is -1.65. The largest absolute Gasteiger partial charge is 0.314 e. The fraction of sp³-hybridized carbons (Fsp3) is 0.167. The highest BCUT2D eigenvalue weighted by atomic mass is 35.5. The van der Waals surface area contributed by atoms with Crippen LogP contribution in [-0.4, -0.2) is 17.0 Å². The van der Waals surface area contributed by atoms with E-state index >= 15 is 0 Å². The second-order valence-corrected chi connectivity index (χ2v) is 4.06. The summed E-state index contributed by atoms with van der Waals surface area (Å²) in [5.74, 6) is 0.555. The van der Waals surface area contributed by atoms with Crippen LogP contribution < -0.4 is 10.9 Å². The molecule has 1 aromatic heterocycles. The zero-order valence-corrected chi connectivity index (χ0v) is 10.1. The summed E-state index contributed by atoms with van der Waals surface area (Å²) < 4.78 is 0. The third kappa shape index (κ3) is 2.93. The van der Waals surface area contributed by atoms with E-state index in [1.54, 1.807) is 12.1 Å². The summed E-state index contributed by atoms with van der Waals surface area (Å²) in [5, 5.41) is 3.62. The molecule has 0 spiro atoms. The zero-order valence-electron chi connectivity index (χ0n) is 9.33. The molecule has 0 aliphatic heterocycles. The predicted octanol–water partition coefficient (Wildman–Crippen LogP) is 1.81. The van der Waals surface area contributed by atoms with Gasteiger partial charge in [-0.2, -0.15) is 0 Å². The number of aromatic nitrogens is 2. The first-order chi connectivity index (χ1) is 8.19. The van der Waals surface area contributed by atoms with E-state index in [0.717, 1.165) is 5.56 Å². The fourth-order valence-electron chi connectivity index (χ4n) is 1.52. The number of rotatable bonds is 3. The summed E-state index contributed by atoms with van der Waals surface area (Å²) in [6.45, 7) is 0.560. The molecule has 0 bridgehead atoms. The van der Waals surface area contributed by atoms with Gasteiger partial charge in [-0.05, 0) is 31.3 Å². The van der Waals surface area contributed by atoms with Gasteiger partial charge in [0.15, 0.2) is 0 Å². The lowest BCUT2D eigenvalue weighted by molar-refractivity contribution is 0.785. The van der Waals surface area contributed by atoms with E-state index in [1.807, 2.05) is 19.2 Å². The molecule has 0 fully saturated rings. The van der Waals surface area contributed by atoms with Gasteiger partial charge in [0.05, 0.1) is 5.69 Å². The van der Waals surface area contributed by atoms with Crippen molar-refractivity contribution < 1.29 is 0 Å². The minimum Gasteiger partial charge on any atom is -0.314 e. The predicted molar refractivity (Wildman–Crippen MR) is 68.1 cm³/mol. The summed E-state index contributed by atoms with van der Waals surface area (Å²) in [7, 11) is 1.81.